The van der Waals surface area contributed by atoms with Gasteiger partial charge in [-0.3, -0.25) is 0 Å². The second-order valence-electron chi connectivity index (χ2n) is 2.48. The molecule has 1 aliphatic heterocycles. The van der Waals surface area contributed by atoms with E-state index < -0.39 is 9.04 Å². The number of hydrogen-bond donors (Lipinski definition) is 1. The summed E-state index contributed by atoms with van der Waals surface area (Å²) in [7, 11) is -0.797. The second-order valence-corrected chi connectivity index (χ2v) is 7.40. The zero-order valence-electron chi connectivity index (χ0n) is 5.26. The summed E-state index contributed by atoms with van der Waals surface area (Å²) < 4.78 is 5.55. The van der Waals surface area contributed by atoms with Gasteiger partial charge in [0, 0.05) is 0 Å². The molecular weight excluding hydrogens is 134 g/mol. The summed E-state index contributed by atoms with van der Waals surface area (Å²) in [6, 6.07) is 1.35. The molecule has 8 heavy (non-hydrogen) atoms. The molecule has 48 valence electrons. The Kier molecular flexibility index (Phi) is 2.24. The maximum absolute atomic E-state index is 5.55. The van der Waals surface area contributed by atoms with Gasteiger partial charge in [-0.05, 0) is 24.7 Å². The third-order valence-corrected chi connectivity index (χ3v) is 7.80. The third kappa shape index (κ3) is 1.41. The molecule has 1 aliphatic rings. The number of nitrogens with two attached hydrogens (primary N) is 1. The predicted molar refractivity (Wildman–Crippen MR) is 40.3 cm³/mol. The van der Waals surface area contributed by atoms with Crippen LogP contribution in [0.3, 0.4) is 0 Å². The summed E-state index contributed by atoms with van der Waals surface area (Å²) in [6.07, 6.45) is 0. The molecular formula is C4H13NOSi2. The van der Waals surface area contributed by atoms with Crippen molar-refractivity contribution in [2.24, 2.45) is 5.73 Å². The standard InChI is InChI=1S/C4H13NOSi2/c1-8-3-4(2-5)7-6-8/h4,8H,2-3,5,7H2,1H3. The first-order chi connectivity index (χ1) is 3.83. The predicted octanol–water partition coefficient (Wildman–Crippen LogP) is -0.799. The quantitative estimate of drug-likeness (QED) is 0.493. The SMILES string of the molecule is C[SiH]1CC(CN)[SiH2]O1. The van der Waals surface area contributed by atoms with Crippen molar-refractivity contribution in [3.05, 3.63) is 0 Å². The van der Waals surface area contributed by atoms with E-state index in [0.717, 1.165) is 12.1 Å². The summed E-state index contributed by atoms with van der Waals surface area (Å²) >= 11 is 0. The fraction of sp³-hybridized carbons (Fsp3) is 1.00. The molecule has 0 aromatic carbocycles. The fourth-order valence-corrected chi connectivity index (χ4v) is 7.24. The van der Waals surface area contributed by atoms with Gasteiger partial charge in [0.2, 0.25) is 0 Å². The summed E-state index contributed by atoms with van der Waals surface area (Å²) in [6.45, 7) is 3.15. The lowest BCUT2D eigenvalue weighted by molar-refractivity contribution is 0.639. The topological polar surface area (TPSA) is 35.2 Å². The molecule has 0 amide bonds. The number of hydrogen-bond acceptors (Lipinski definition) is 2. The van der Waals surface area contributed by atoms with Crippen LogP contribution >= 0.6 is 0 Å². The Morgan fingerprint density at radius 3 is 3.00 bits per heavy atom. The zero-order valence-corrected chi connectivity index (χ0v) is 7.83. The van der Waals surface area contributed by atoms with E-state index in [-0.39, 0.29) is 9.76 Å². The van der Waals surface area contributed by atoms with Crippen molar-refractivity contribution in [3.8, 4) is 0 Å². The molecule has 1 rings (SSSR count). The Balaban J connectivity index is 2.22. The maximum atomic E-state index is 5.55. The minimum atomic E-state index is -0.643. The highest BCUT2D eigenvalue weighted by Crippen LogP contribution is 2.19. The van der Waals surface area contributed by atoms with Crippen LogP contribution in [0.5, 0.6) is 0 Å². The lowest BCUT2D eigenvalue weighted by Crippen LogP contribution is -2.09. The average molecular weight is 147 g/mol. The van der Waals surface area contributed by atoms with Crippen molar-refractivity contribution in [2.75, 3.05) is 6.54 Å². The summed E-state index contributed by atoms with van der Waals surface area (Å²) in [5.41, 5.74) is 6.30. The Morgan fingerprint density at radius 1 is 2.00 bits per heavy atom. The van der Waals surface area contributed by atoms with Crippen LogP contribution in [0.15, 0.2) is 0 Å². The molecule has 0 radical (unpaired) electrons. The molecule has 0 spiro atoms. The Hall–Kier alpha value is 0.354. The monoisotopic (exact) mass is 147 g/mol. The van der Waals surface area contributed by atoms with Gasteiger partial charge in [-0.1, -0.05) is 0 Å². The third-order valence-electron chi connectivity index (χ3n) is 1.62. The van der Waals surface area contributed by atoms with Crippen molar-refractivity contribution < 1.29 is 4.12 Å². The van der Waals surface area contributed by atoms with Crippen LogP contribution in [-0.4, -0.2) is 25.3 Å². The average Bonchev–Trinajstić information content (AvgIpc) is 2.14. The van der Waals surface area contributed by atoms with E-state index in [0.29, 0.717) is 0 Å². The van der Waals surface area contributed by atoms with E-state index in [1.807, 2.05) is 0 Å². The molecule has 1 heterocycles. The second kappa shape index (κ2) is 2.77. The van der Waals surface area contributed by atoms with Crippen molar-refractivity contribution in [2.45, 2.75) is 18.1 Å². The molecule has 1 fully saturated rings. The lowest BCUT2D eigenvalue weighted by atomic mass is 10.5. The van der Waals surface area contributed by atoms with E-state index in [1.54, 1.807) is 0 Å². The maximum Gasteiger partial charge on any atom is 0.159 e. The molecule has 2 nitrogen and oxygen atoms in total. The van der Waals surface area contributed by atoms with Crippen molar-refractivity contribution >= 4 is 18.8 Å². The highest BCUT2D eigenvalue weighted by molar-refractivity contribution is 6.63. The summed E-state index contributed by atoms with van der Waals surface area (Å²) in [4.78, 5) is 0. The van der Waals surface area contributed by atoms with Gasteiger partial charge < -0.3 is 9.85 Å². The van der Waals surface area contributed by atoms with E-state index in [2.05, 4.69) is 6.55 Å². The minimum Gasteiger partial charge on any atom is -0.462 e. The van der Waals surface area contributed by atoms with Gasteiger partial charge in [-0.15, -0.1) is 0 Å². The van der Waals surface area contributed by atoms with E-state index in [4.69, 9.17) is 9.85 Å². The molecule has 1 saturated heterocycles. The molecule has 0 aromatic rings. The zero-order chi connectivity index (χ0) is 5.98. The van der Waals surface area contributed by atoms with Crippen LogP contribution in [0.1, 0.15) is 0 Å². The first-order valence-electron chi connectivity index (χ1n) is 3.14. The highest BCUT2D eigenvalue weighted by atomic mass is 28.4. The summed E-state index contributed by atoms with van der Waals surface area (Å²) in [5.74, 6) is 0. The molecule has 0 aromatic heterocycles. The molecule has 0 bridgehead atoms. The molecule has 4 heteroatoms. The van der Waals surface area contributed by atoms with Crippen LogP contribution in [0, 0.1) is 0 Å². The van der Waals surface area contributed by atoms with Crippen molar-refractivity contribution in [1.29, 1.82) is 0 Å². The lowest BCUT2D eigenvalue weighted by Gasteiger charge is -1.98. The van der Waals surface area contributed by atoms with Gasteiger partial charge in [-0.25, -0.2) is 0 Å². The Morgan fingerprint density at radius 2 is 2.75 bits per heavy atom. The van der Waals surface area contributed by atoms with Crippen molar-refractivity contribution in [3.63, 3.8) is 0 Å². The van der Waals surface area contributed by atoms with Crippen molar-refractivity contribution in [1.82, 2.24) is 0 Å². The Labute approximate surface area is 54.1 Å². The smallest absolute Gasteiger partial charge is 0.159 e. The van der Waals surface area contributed by atoms with Crippen LogP contribution in [0.4, 0.5) is 0 Å². The first kappa shape index (κ1) is 6.47. The van der Waals surface area contributed by atoms with E-state index in [9.17, 15) is 0 Å². The largest absolute Gasteiger partial charge is 0.462 e. The van der Waals surface area contributed by atoms with Crippen LogP contribution in [0.25, 0.3) is 0 Å². The van der Waals surface area contributed by atoms with Gasteiger partial charge in [0.15, 0.2) is 9.04 Å². The minimum absolute atomic E-state index is 0.154. The van der Waals surface area contributed by atoms with E-state index >= 15 is 0 Å². The van der Waals surface area contributed by atoms with Crippen LogP contribution < -0.4 is 5.73 Å². The Bertz CT molecular complexity index is 80.4. The molecule has 2 N–H and O–H groups in total. The molecule has 0 saturated carbocycles. The van der Waals surface area contributed by atoms with Gasteiger partial charge in [0.25, 0.3) is 0 Å². The number of rotatable bonds is 1. The van der Waals surface area contributed by atoms with Gasteiger partial charge in [0.05, 0.1) is 0 Å². The molecule has 2 atom stereocenters. The summed E-state index contributed by atoms with van der Waals surface area (Å²) in [5, 5.41) is 0. The van der Waals surface area contributed by atoms with E-state index in [1.165, 1.54) is 6.04 Å². The molecule has 0 aliphatic carbocycles. The van der Waals surface area contributed by atoms with Gasteiger partial charge in [0.1, 0.15) is 9.76 Å². The van der Waals surface area contributed by atoms with Gasteiger partial charge >= 0.3 is 0 Å². The highest BCUT2D eigenvalue weighted by Gasteiger charge is 2.21. The molecule has 2 unspecified atom stereocenters. The van der Waals surface area contributed by atoms with Crippen LogP contribution in [0.2, 0.25) is 18.1 Å². The first-order valence-corrected chi connectivity index (χ1v) is 6.98. The normalized spacial score (nSPS) is 41.2. The van der Waals surface area contributed by atoms with Crippen LogP contribution in [-0.2, 0) is 4.12 Å². The fourth-order valence-electron chi connectivity index (χ4n) is 1.07. The van der Waals surface area contributed by atoms with Gasteiger partial charge in [-0.2, -0.15) is 0 Å².